The van der Waals surface area contributed by atoms with Crippen LogP contribution in [0.15, 0.2) is 28.7 Å². The van der Waals surface area contributed by atoms with Crippen molar-refractivity contribution in [3.8, 4) is 0 Å². The van der Waals surface area contributed by atoms with Crippen molar-refractivity contribution in [3.63, 3.8) is 0 Å². The third kappa shape index (κ3) is 3.56. The Labute approximate surface area is 113 Å². The highest BCUT2D eigenvalue weighted by molar-refractivity contribution is 9.10. The molecule has 1 aromatic rings. The smallest absolute Gasteiger partial charge is 0.0303 e. The summed E-state index contributed by atoms with van der Waals surface area (Å²) in [6.07, 6.45) is 4.21. The number of benzene rings is 1. The highest BCUT2D eigenvalue weighted by Gasteiger charge is 2.21. The average molecular weight is 296 g/mol. The van der Waals surface area contributed by atoms with Gasteiger partial charge in [0.25, 0.3) is 0 Å². The SMILES string of the molecule is CC1CCC(CNC(C)c2ccccc2Br)C1. The fourth-order valence-corrected chi connectivity index (χ4v) is 3.42. The molecule has 2 heteroatoms. The van der Waals surface area contributed by atoms with Crippen LogP contribution in [0.2, 0.25) is 0 Å². The summed E-state index contributed by atoms with van der Waals surface area (Å²) >= 11 is 3.62. The molecule has 0 aromatic heterocycles. The molecular formula is C15H22BrN. The lowest BCUT2D eigenvalue weighted by molar-refractivity contribution is 0.440. The summed E-state index contributed by atoms with van der Waals surface area (Å²) in [7, 11) is 0. The minimum atomic E-state index is 0.432. The molecular weight excluding hydrogens is 274 g/mol. The first-order chi connectivity index (χ1) is 8.16. The Balaban J connectivity index is 1.85. The van der Waals surface area contributed by atoms with E-state index in [4.69, 9.17) is 0 Å². The van der Waals surface area contributed by atoms with Crippen molar-refractivity contribution in [1.82, 2.24) is 5.32 Å². The maximum atomic E-state index is 3.67. The molecule has 0 heterocycles. The summed E-state index contributed by atoms with van der Waals surface area (Å²) in [5, 5.41) is 3.67. The molecule has 3 atom stereocenters. The maximum Gasteiger partial charge on any atom is 0.0303 e. The van der Waals surface area contributed by atoms with E-state index in [1.54, 1.807) is 0 Å². The predicted molar refractivity (Wildman–Crippen MR) is 77.1 cm³/mol. The lowest BCUT2D eigenvalue weighted by Gasteiger charge is -2.18. The third-order valence-electron chi connectivity index (χ3n) is 3.89. The van der Waals surface area contributed by atoms with Gasteiger partial charge in [0.15, 0.2) is 0 Å². The van der Waals surface area contributed by atoms with Gasteiger partial charge in [0.05, 0.1) is 0 Å². The molecule has 0 aliphatic heterocycles. The summed E-state index contributed by atoms with van der Waals surface area (Å²) < 4.78 is 1.21. The van der Waals surface area contributed by atoms with Crippen LogP contribution in [0.4, 0.5) is 0 Å². The van der Waals surface area contributed by atoms with E-state index in [1.165, 1.54) is 29.3 Å². The van der Waals surface area contributed by atoms with Gasteiger partial charge in [0, 0.05) is 10.5 Å². The normalized spacial score (nSPS) is 26.1. The van der Waals surface area contributed by atoms with E-state index in [1.807, 2.05) is 0 Å². The zero-order valence-corrected chi connectivity index (χ0v) is 12.3. The van der Waals surface area contributed by atoms with Gasteiger partial charge in [-0.15, -0.1) is 0 Å². The number of hydrogen-bond acceptors (Lipinski definition) is 1. The fourth-order valence-electron chi connectivity index (χ4n) is 2.79. The summed E-state index contributed by atoms with van der Waals surface area (Å²) in [6.45, 7) is 5.78. The lowest BCUT2D eigenvalue weighted by Crippen LogP contribution is -2.24. The summed E-state index contributed by atoms with van der Waals surface area (Å²) in [6, 6.07) is 8.92. The first-order valence-electron chi connectivity index (χ1n) is 6.64. The van der Waals surface area contributed by atoms with Crippen LogP contribution in [-0.2, 0) is 0 Å². The van der Waals surface area contributed by atoms with Crippen LogP contribution in [0.5, 0.6) is 0 Å². The number of rotatable bonds is 4. The second kappa shape index (κ2) is 6.01. The first-order valence-corrected chi connectivity index (χ1v) is 7.44. The van der Waals surface area contributed by atoms with Crippen LogP contribution < -0.4 is 5.32 Å². The third-order valence-corrected chi connectivity index (χ3v) is 4.61. The Morgan fingerprint density at radius 3 is 2.76 bits per heavy atom. The van der Waals surface area contributed by atoms with Crippen LogP contribution in [-0.4, -0.2) is 6.54 Å². The molecule has 1 saturated carbocycles. The summed E-state index contributed by atoms with van der Waals surface area (Å²) in [5.74, 6) is 1.82. The Bertz CT molecular complexity index is 364. The second-order valence-electron chi connectivity index (χ2n) is 5.44. The highest BCUT2D eigenvalue weighted by Crippen LogP contribution is 2.30. The van der Waals surface area contributed by atoms with E-state index in [9.17, 15) is 0 Å². The molecule has 1 aromatic carbocycles. The van der Waals surface area contributed by atoms with Gasteiger partial charge in [-0.25, -0.2) is 0 Å². The minimum absolute atomic E-state index is 0.432. The molecule has 3 unspecified atom stereocenters. The number of halogens is 1. The number of hydrogen-bond donors (Lipinski definition) is 1. The largest absolute Gasteiger partial charge is 0.310 e. The van der Waals surface area contributed by atoms with Crippen molar-refractivity contribution in [3.05, 3.63) is 34.3 Å². The topological polar surface area (TPSA) is 12.0 Å². The van der Waals surface area contributed by atoms with Gasteiger partial charge in [-0.2, -0.15) is 0 Å². The van der Waals surface area contributed by atoms with Crippen LogP contribution in [0, 0.1) is 11.8 Å². The van der Waals surface area contributed by atoms with Gasteiger partial charge >= 0.3 is 0 Å². The van der Waals surface area contributed by atoms with Crippen molar-refractivity contribution in [2.24, 2.45) is 11.8 Å². The van der Waals surface area contributed by atoms with Gasteiger partial charge in [0.1, 0.15) is 0 Å². The second-order valence-corrected chi connectivity index (χ2v) is 6.29. The average Bonchev–Trinajstić information content (AvgIpc) is 2.73. The van der Waals surface area contributed by atoms with Crippen LogP contribution in [0.3, 0.4) is 0 Å². The van der Waals surface area contributed by atoms with E-state index >= 15 is 0 Å². The molecule has 1 nitrogen and oxygen atoms in total. The monoisotopic (exact) mass is 295 g/mol. The molecule has 2 rings (SSSR count). The van der Waals surface area contributed by atoms with Gasteiger partial charge in [-0.05, 0) is 49.8 Å². The molecule has 1 fully saturated rings. The Morgan fingerprint density at radius 1 is 1.35 bits per heavy atom. The van der Waals surface area contributed by atoms with E-state index in [2.05, 4.69) is 59.4 Å². The summed E-state index contributed by atoms with van der Waals surface area (Å²) in [5.41, 5.74) is 1.36. The van der Waals surface area contributed by atoms with Crippen LogP contribution in [0.25, 0.3) is 0 Å². The van der Waals surface area contributed by atoms with Crippen molar-refractivity contribution in [2.45, 2.75) is 39.2 Å². The molecule has 1 aliphatic rings. The molecule has 1 N–H and O–H groups in total. The van der Waals surface area contributed by atoms with E-state index in [0.717, 1.165) is 18.4 Å². The highest BCUT2D eigenvalue weighted by atomic mass is 79.9. The Hall–Kier alpha value is -0.340. The molecule has 17 heavy (non-hydrogen) atoms. The standard InChI is InChI=1S/C15H22BrN/c1-11-7-8-13(9-11)10-17-12(2)14-5-3-4-6-15(14)16/h3-6,11-13,17H,7-10H2,1-2H3. The van der Waals surface area contributed by atoms with E-state index in [-0.39, 0.29) is 0 Å². The molecule has 0 amide bonds. The van der Waals surface area contributed by atoms with Crippen molar-refractivity contribution in [2.75, 3.05) is 6.54 Å². The maximum absolute atomic E-state index is 3.67. The predicted octanol–water partition coefficient (Wildman–Crippen LogP) is 4.54. The van der Waals surface area contributed by atoms with Crippen molar-refractivity contribution < 1.29 is 0 Å². The fraction of sp³-hybridized carbons (Fsp3) is 0.600. The molecule has 0 spiro atoms. The number of nitrogens with one attached hydrogen (secondary N) is 1. The van der Waals surface area contributed by atoms with Gasteiger partial charge in [-0.3, -0.25) is 0 Å². The first kappa shape index (κ1) is 13.1. The zero-order chi connectivity index (χ0) is 12.3. The van der Waals surface area contributed by atoms with Gasteiger partial charge in [0.2, 0.25) is 0 Å². The van der Waals surface area contributed by atoms with Crippen molar-refractivity contribution in [1.29, 1.82) is 0 Å². The van der Waals surface area contributed by atoms with Gasteiger partial charge < -0.3 is 5.32 Å². The van der Waals surface area contributed by atoms with E-state index in [0.29, 0.717) is 6.04 Å². The lowest BCUT2D eigenvalue weighted by atomic mass is 10.0. The minimum Gasteiger partial charge on any atom is -0.310 e. The van der Waals surface area contributed by atoms with E-state index < -0.39 is 0 Å². The van der Waals surface area contributed by atoms with Gasteiger partial charge in [-0.1, -0.05) is 47.5 Å². The summed E-state index contributed by atoms with van der Waals surface area (Å²) in [4.78, 5) is 0. The van der Waals surface area contributed by atoms with Crippen LogP contribution >= 0.6 is 15.9 Å². The molecule has 94 valence electrons. The molecule has 0 radical (unpaired) electrons. The van der Waals surface area contributed by atoms with Crippen molar-refractivity contribution >= 4 is 15.9 Å². The molecule has 0 saturated heterocycles. The molecule has 0 bridgehead atoms. The van der Waals surface area contributed by atoms with Crippen LogP contribution in [0.1, 0.15) is 44.7 Å². The zero-order valence-electron chi connectivity index (χ0n) is 10.7. The molecule has 1 aliphatic carbocycles. The Kier molecular flexibility index (Phi) is 4.63. The Morgan fingerprint density at radius 2 is 2.12 bits per heavy atom. The quantitative estimate of drug-likeness (QED) is 0.860.